The van der Waals surface area contributed by atoms with Gasteiger partial charge in [-0.25, -0.2) is 22.8 Å². The third-order valence-corrected chi connectivity index (χ3v) is 11.1. The van der Waals surface area contributed by atoms with Crippen LogP contribution in [0, 0.1) is 28.7 Å². The van der Waals surface area contributed by atoms with Gasteiger partial charge in [-0.2, -0.15) is 9.49 Å². The van der Waals surface area contributed by atoms with Gasteiger partial charge in [-0.1, -0.05) is 12.1 Å². The minimum Gasteiger partial charge on any atom is -0.490 e. The second-order valence-corrected chi connectivity index (χ2v) is 13.9. The van der Waals surface area contributed by atoms with Gasteiger partial charge in [-0.05, 0) is 49.7 Å². The summed E-state index contributed by atoms with van der Waals surface area (Å²) < 4.78 is 62.0. The van der Waals surface area contributed by atoms with Crippen molar-refractivity contribution in [3.63, 3.8) is 0 Å². The van der Waals surface area contributed by atoms with E-state index in [4.69, 9.17) is 4.74 Å². The first-order chi connectivity index (χ1) is 21.5. The van der Waals surface area contributed by atoms with Crippen LogP contribution in [-0.4, -0.2) is 66.8 Å². The molecule has 6 rings (SSSR count). The van der Waals surface area contributed by atoms with E-state index in [1.807, 2.05) is 11.8 Å². The maximum Gasteiger partial charge on any atom is 0.305 e. The zero-order valence-electron chi connectivity index (χ0n) is 24.1. The second kappa shape index (κ2) is 11.9. The topological polar surface area (TPSA) is 168 Å². The number of nitrogens with one attached hydrogen (secondary N) is 3. The summed E-state index contributed by atoms with van der Waals surface area (Å²) in [4.78, 5) is 21.3. The van der Waals surface area contributed by atoms with Crippen LogP contribution >= 0.6 is 11.8 Å². The Morgan fingerprint density at radius 1 is 1.13 bits per heavy atom. The number of nitro benzene ring substituents is 1. The highest BCUT2D eigenvalue weighted by atomic mass is 32.2. The smallest absolute Gasteiger partial charge is 0.305 e. The van der Waals surface area contributed by atoms with Crippen LogP contribution < -0.4 is 20.3 Å². The van der Waals surface area contributed by atoms with Gasteiger partial charge in [0.1, 0.15) is 10.6 Å². The molecule has 1 aliphatic heterocycles. The molecule has 0 unspecified atom stereocenters. The fraction of sp³-hybridized carbons (Fsp3) is 0.321. The lowest BCUT2D eigenvalue weighted by molar-refractivity contribution is -0.387. The number of piperazine rings is 1. The number of aromatic amines is 1. The molecule has 236 valence electrons. The van der Waals surface area contributed by atoms with E-state index in [-0.39, 0.29) is 33.4 Å². The van der Waals surface area contributed by atoms with Gasteiger partial charge in [0.05, 0.1) is 21.8 Å². The number of hydrogen-bond donors (Lipinski definition) is 3. The van der Waals surface area contributed by atoms with E-state index < -0.39 is 36.8 Å². The van der Waals surface area contributed by atoms with Gasteiger partial charge in [-0.3, -0.25) is 15.2 Å². The van der Waals surface area contributed by atoms with Crippen LogP contribution in [0.1, 0.15) is 24.1 Å². The highest BCUT2D eigenvalue weighted by molar-refractivity contribution is 7.99. The van der Waals surface area contributed by atoms with E-state index in [1.165, 1.54) is 31.4 Å². The maximum atomic E-state index is 15.6. The quantitative estimate of drug-likeness (QED) is 0.124. The normalized spacial score (nSPS) is 16.0. The molecule has 2 aliphatic rings. The van der Waals surface area contributed by atoms with Crippen molar-refractivity contribution in [3.05, 3.63) is 75.5 Å². The lowest BCUT2D eigenvalue weighted by atomic mass is 10.1. The number of halogens is 2. The predicted molar refractivity (Wildman–Crippen MR) is 162 cm³/mol. The first-order valence-electron chi connectivity index (χ1n) is 13.9. The van der Waals surface area contributed by atoms with Crippen molar-refractivity contribution < 1.29 is 26.9 Å². The van der Waals surface area contributed by atoms with Crippen LogP contribution in [0.15, 0.2) is 57.4 Å². The van der Waals surface area contributed by atoms with Crippen molar-refractivity contribution in [1.82, 2.24) is 25.5 Å². The molecule has 2 aromatic heterocycles. The number of nitro groups is 1. The molecule has 2 aromatic carbocycles. The molecule has 17 heteroatoms. The van der Waals surface area contributed by atoms with Crippen LogP contribution in [0.4, 0.5) is 31.9 Å². The number of methoxy groups -OCH3 is 1. The summed E-state index contributed by atoms with van der Waals surface area (Å²) >= 11 is 0.895. The zero-order chi connectivity index (χ0) is 31.9. The number of sulfone groups is 1. The molecule has 0 spiro atoms. The molecular weight excluding hydrogens is 630 g/mol. The average Bonchev–Trinajstić information content (AvgIpc) is 3.74. The summed E-state index contributed by atoms with van der Waals surface area (Å²) in [7, 11) is -2.82. The fourth-order valence-electron chi connectivity index (χ4n) is 5.30. The standard InChI is InChI=1S/C28H28F2N8O5S2/c1-16-14-22(36-35-16)32-25-24(43-2)26(37-12-10-31-11-13-37)34-27(33-25)44-21-7-6-17(15-19(21)29)45(41,42)28(8-9-28)18-4-3-5-20(23(18)30)38(39)40/h3-7,14-15,31H,8-13H2,1-2H3,(H2,32,33,34,35,36). The molecule has 1 saturated carbocycles. The molecule has 13 nitrogen and oxygen atoms in total. The Labute approximate surface area is 260 Å². The molecule has 0 radical (unpaired) electrons. The van der Waals surface area contributed by atoms with Crippen LogP contribution in [0.2, 0.25) is 0 Å². The van der Waals surface area contributed by atoms with E-state index in [1.54, 1.807) is 6.07 Å². The van der Waals surface area contributed by atoms with Crippen molar-refractivity contribution in [3.8, 4) is 5.75 Å². The summed E-state index contributed by atoms with van der Waals surface area (Å²) in [5.74, 6) is -0.377. The van der Waals surface area contributed by atoms with Crippen LogP contribution in [0.5, 0.6) is 5.75 Å². The van der Waals surface area contributed by atoms with Gasteiger partial charge in [0.15, 0.2) is 32.4 Å². The van der Waals surface area contributed by atoms with Crippen LogP contribution in [0.25, 0.3) is 0 Å². The highest BCUT2D eigenvalue weighted by Crippen LogP contribution is 2.56. The van der Waals surface area contributed by atoms with Crippen molar-refractivity contribution in [2.24, 2.45) is 0 Å². The predicted octanol–water partition coefficient (Wildman–Crippen LogP) is 4.47. The summed E-state index contributed by atoms with van der Waals surface area (Å²) in [6, 6.07) is 8.63. The summed E-state index contributed by atoms with van der Waals surface area (Å²) in [6.07, 6.45) is 0.0939. The van der Waals surface area contributed by atoms with Crippen LogP contribution in [0.3, 0.4) is 0 Å². The van der Waals surface area contributed by atoms with Gasteiger partial charge in [-0.15, -0.1) is 0 Å². The second-order valence-electron chi connectivity index (χ2n) is 10.6. The number of nitrogens with zero attached hydrogens (tertiary/aromatic N) is 5. The minimum absolute atomic E-state index is 0.0470. The highest BCUT2D eigenvalue weighted by Gasteiger charge is 2.58. The largest absolute Gasteiger partial charge is 0.490 e. The number of rotatable bonds is 10. The van der Waals surface area contributed by atoms with Crippen molar-refractivity contribution in [2.75, 3.05) is 43.5 Å². The van der Waals surface area contributed by atoms with Crippen molar-refractivity contribution in [1.29, 1.82) is 0 Å². The molecule has 1 saturated heterocycles. The molecular formula is C28H28F2N8O5S2. The first kappa shape index (κ1) is 30.7. The number of benzene rings is 2. The third kappa shape index (κ3) is 5.66. The Morgan fingerprint density at radius 2 is 1.89 bits per heavy atom. The van der Waals surface area contributed by atoms with Gasteiger partial charge in [0.25, 0.3) is 0 Å². The Hall–Kier alpha value is -4.35. The number of hydrogen-bond acceptors (Lipinski definition) is 12. The number of aromatic nitrogens is 4. The SMILES string of the molecule is COc1c(Nc2cc(C)[nH]n2)nc(Sc2ccc(S(=O)(=O)C3(c4cccc([N+](=O)[O-])c4F)CC3)cc2F)nc1N1CCNCC1. The number of anilines is 3. The summed E-state index contributed by atoms with van der Waals surface area (Å²) in [6.45, 7) is 4.59. The third-order valence-electron chi connectivity index (χ3n) is 7.70. The van der Waals surface area contributed by atoms with Gasteiger partial charge >= 0.3 is 5.69 Å². The van der Waals surface area contributed by atoms with Gasteiger partial charge in [0.2, 0.25) is 11.6 Å². The Balaban J connectivity index is 1.34. The molecule has 2 fully saturated rings. The van der Waals surface area contributed by atoms with E-state index in [9.17, 15) is 18.5 Å². The zero-order valence-corrected chi connectivity index (χ0v) is 25.8. The Bertz CT molecular complexity index is 1900. The van der Waals surface area contributed by atoms with E-state index >= 15 is 8.78 Å². The molecule has 0 amide bonds. The molecule has 4 aromatic rings. The van der Waals surface area contributed by atoms with Crippen molar-refractivity contribution in [2.45, 2.75) is 39.5 Å². The Morgan fingerprint density at radius 3 is 2.51 bits per heavy atom. The van der Waals surface area contributed by atoms with E-state index in [2.05, 4.69) is 30.8 Å². The van der Waals surface area contributed by atoms with Crippen molar-refractivity contribution >= 4 is 44.7 Å². The van der Waals surface area contributed by atoms with Crippen LogP contribution in [-0.2, 0) is 14.6 Å². The molecule has 0 bridgehead atoms. The molecule has 3 N–H and O–H groups in total. The summed E-state index contributed by atoms with van der Waals surface area (Å²) in [5, 5.41) is 24.9. The summed E-state index contributed by atoms with van der Waals surface area (Å²) in [5.41, 5.74) is -0.293. The van der Waals surface area contributed by atoms with Gasteiger partial charge in [0, 0.05) is 49.6 Å². The fourth-order valence-corrected chi connectivity index (χ4v) is 8.10. The number of H-pyrrole nitrogens is 1. The Kier molecular flexibility index (Phi) is 8.09. The van der Waals surface area contributed by atoms with Gasteiger partial charge < -0.3 is 20.3 Å². The lowest BCUT2D eigenvalue weighted by Gasteiger charge is -2.30. The van der Waals surface area contributed by atoms with E-state index in [0.29, 0.717) is 36.3 Å². The number of aryl methyl sites for hydroxylation is 1. The molecule has 3 heterocycles. The first-order valence-corrected chi connectivity index (χ1v) is 16.2. The minimum atomic E-state index is -4.32. The van der Waals surface area contributed by atoms with E-state index in [0.717, 1.165) is 42.7 Å². The molecule has 0 atom stereocenters. The molecule has 45 heavy (non-hydrogen) atoms. The average molecular weight is 659 g/mol. The maximum absolute atomic E-state index is 15.6. The monoisotopic (exact) mass is 658 g/mol. The lowest BCUT2D eigenvalue weighted by Crippen LogP contribution is -2.44. The molecule has 1 aliphatic carbocycles. The number of ether oxygens (including phenoxy) is 1.